The van der Waals surface area contributed by atoms with Gasteiger partial charge in [0.1, 0.15) is 6.61 Å². The Hall–Kier alpha value is -1.15. The number of carbonyl (C=O) groups excluding carboxylic acids is 1. The first-order chi connectivity index (χ1) is 6.68. The van der Waals surface area contributed by atoms with Crippen molar-refractivity contribution in [3.05, 3.63) is 35.4 Å². The molecule has 0 radical (unpaired) electrons. The van der Waals surface area contributed by atoms with Crippen molar-refractivity contribution < 1.29 is 9.53 Å². The maximum Gasteiger partial charge on any atom is 0.155 e. The van der Waals surface area contributed by atoms with Crippen molar-refractivity contribution in [1.29, 1.82) is 0 Å². The largest absolute Gasteiger partial charge is 0.373 e. The van der Waals surface area contributed by atoms with Gasteiger partial charge in [0.2, 0.25) is 0 Å². The molecule has 14 heavy (non-hydrogen) atoms. The molecule has 0 saturated carbocycles. The predicted octanol–water partition coefficient (Wildman–Crippen LogP) is 2.14. The molecule has 0 heterocycles. The molecule has 0 amide bonds. The molecule has 0 saturated heterocycles. The lowest BCUT2D eigenvalue weighted by Gasteiger charge is -2.02. The fourth-order valence-corrected chi connectivity index (χ4v) is 1.16. The molecule has 76 valence electrons. The van der Waals surface area contributed by atoms with Crippen LogP contribution in [0.25, 0.3) is 0 Å². The summed E-state index contributed by atoms with van der Waals surface area (Å²) in [7, 11) is 0. The summed E-state index contributed by atoms with van der Waals surface area (Å²) in [5.74, 6) is 0.0777. The Morgan fingerprint density at radius 2 is 1.93 bits per heavy atom. The fourth-order valence-electron chi connectivity index (χ4n) is 1.16. The van der Waals surface area contributed by atoms with E-state index in [0.717, 1.165) is 6.42 Å². The van der Waals surface area contributed by atoms with Crippen molar-refractivity contribution in [1.82, 2.24) is 0 Å². The molecule has 2 nitrogen and oxygen atoms in total. The van der Waals surface area contributed by atoms with Gasteiger partial charge < -0.3 is 4.74 Å². The second-order valence-corrected chi connectivity index (χ2v) is 3.49. The van der Waals surface area contributed by atoms with Crippen molar-refractivity contribution in [2.75, 3.05) is 13.2 Å². The third-order valence-electron chi connectivity index (χ3n) is 1.96. The maximum atomic E-state index is 10.6. The lowest BCUT2D eigenvalue weighted by molar-refractivity contribution is -0.121. The molecule has 0 aliphatic carbocycles. The van der Waals surface area contributed by atoms with E-state index in [1.54, 1.807) is 0 Å². The van der Waals surface area contributed by atoms with E-state index in [-0.39, 0.29) is 12.4 Å². The minimum Gasteiger partial charge on any atom is -0.373 e. The molecule has 0 aliphatic heterocycles. The van der Waals surface area contributed by atoms with Gasteiger partial charge >= 0.3 is 0 Å². The van der Waals surface area contributed by atoms with Gasteiger partial charge in [-0.3, -0.25) is 4.79 Å². The van der Waals surface area contributed by atoms with Crippen LogP contribution in [0.2, 0.25) is 0 Å². The number of benzene rings is 1. The first kappa shape index (κ1) is 10.9. The van der Waals surface area contributed by atoms with Gasteiger partial charge in [-0.1, -0.05) is 29.8 Å². The molecule has 1 aromatic rings. The van der Waals surface area contributed by atoms with E-state index in [1.165, 1.54) is 18.1 Å². The van der Waals surface area contributed by atoms with E-state index in [4.69, 9.17) is 4.74 Å². The number of hydrogen-bond acceptors (Lipinski definition) is 2. The molecule has 0 spiro atoms. The standard InChI is InChI=1S/C12H16O2/c1-10-3-5-12(6-4-10)7-8-14-9-11(2)13/h3-6H,7-9H2,1-2H3. The molecular weight excluding hydrogens is 176 g/mol. The highest BCUT2D eigenvalue weighted by Gasteiger charge is 1.95. The number of Topliss-reactive ketones (excluding diaryl/α,β-unsaturated/α-hetero) is 1. The zero-order valence-corrected chi connectivity index (χ0v) is 8.75. The second kappa shape index (κ2) is 5.55. The van der Waals surface area contributed by atoms with Gasteiger partial charge in [0.25, 0.3) is 0 Å². The third kappa shape index (κ3) is 4.19. The number of ketones is 1. The Kier molecular flexibility index (Phi) is 4.33. The zero-order valence-electron chi connectivity index (χ0n) is 8.75. The zero-order chi connectivity index (χ0) is 10.4. The Bertz CT molecular complexity index is 288. The van der Waals surface area contributed by atoms with Crippen LogP contribution in [0.5, 0.6) is 0 Å². The summed E-state index contributed by atoms with van der Waals surface area (Å²) in [5.41, 5.74) is 2.51. The van der Waals surface area contributed by atoms with E-state index in [0.29, 0.717) is 6.61 Å². The van der Waals surface area contributed by atoms with E-state index < -0.39 is 0 Å². The van der Waals surface area contributed by atoms with E-state index in [2.05, 4.69) is 31.2 Å². The number of ether oxygens (including phenoxy) is 1. The average Bonchev–Trinajstić information content (AvgIpc) is 2.15. The van der Waals surface area contributed by atoms with Crippen molar-refractivity contribution in [3.8, 4) is 0 Å². The molecule has 0 atom stereocenters. The number of hydrogen-bond donors (Lipinski definition) is 0. The van der Waals surface area contributed by atoms with Gasteiger partial charge in [-0.2, -0.15) is 0 Å². The highest BCUT2D eigenvalue weighted by molar-refractivity contribution is 5.76. The third-order valence-corrected chi connectivity index (χ3v) is 1.96. The summed E-state index contributed by atoms with van der Waals surface area (Å²) in [6.45, 7) is 4.44. The Morgan fingerprint density at radius 3 is 2.50 bits per heavy atom. The lowest BCUT2D eigenvalue weighted by atomic mass is 10.1. The van der Waals surface area contributed by atoms with Crippen LogP contribution in [0.4, 0.5) is 0 Å². The van der Waals surface area contributed by atoms with Crippen LogP contribution >= 0.6 is 0 Å². The highest BCUT2D eigenvalue weighted by atomic mass is 16.5. The van der Waals surface area contributed by atoms with Crippen molar-refractivity contribution in [2.45, 2.75) is 20.3 Å². The molecule has 0 aliphatic rings. The van der Waals surface area contributed by atoms with Crippen LogP contribution in [-0.2, 0) is 16.0 Å². The molecule has 0 unspecified atom stereocenters. The minimum absolute atomic E-state index is 0.0777. The average molecular weight is 192 g/mol. The molecule has 0 aromatic heterocycles. The molecule has 0 bridgehead atoms. The second-order valence-electron chi connectivity index (χ2n) is 3.49. The lowest BCUT2D eigenvalue weighted by Crippen LogP contribution is -2.06. The first-order valence-electron chi connectivity index (χ1n) is 4.81. The van der Waals surface area contributed by atoms with E-state index in [1.807, 2.05) is 0 Å². The van der Waals surface area contributed by atoms with Crippen LogP contribution in [0.3, 0.4) is 0 Å². The first-order valence-corrected chi connectivity index (χ1v) is 4.81. The number of aryl methyl sites for hydroxylation is 1. The van der Waals surface area contributed by atoms with Gasteiger partial charge in [0.15, 0.2) is 5.78 Å². The van der Waals surface area contributed by atoms with Crippen LogP contribution in [-0.4, -0.2) is 19.0 Å². The normalized spacial score (nSPS) is 10.1. The smallest absolute Gasteiger partial charge is 0.155 e. The Balaban J connectivity index is 2.25. The molecule has 2 heteroatoms. The summed E-state index contributed by atoms with van der Waals surface area (Å²) in [5, 5.41) is 0. The number of carbonyl (C=O) groups is 1. The summed E-state index contributed by atoms with van der Waals surface area (Å²) < 4.78 is 5.18. The summed E-state index contributed by atoms with van der Waals surface area (Å²) in [6, 6.07) is 8.35. The monoisotopic (exact) mass is 192 g/mol. The molecule has 1 aromatic carbocycles. The van der Waals surface area contributed by atoms with E-state index in [9.17, 15) is 4.79 Å². The molecule has 1 rings (SSSR count). The molecule has 0 fully saturated rings. The van der Waals surface area contributed by atoms with Crippen LogP contribution in [0.1, 0.15) is 18.1 Å². The maximum absolute atomic E-state index is 10.6. The topological polar surface area (TPSA) is 26.3 Å². The fraction of sp³-hybridized carbons (Fsp3) is 0.417. The van der Waals surface area contributed by atoms with Gasteiger partial charge in [-0.15, -0.1) is 0 Å². The predicted molar refractivity (Wildman–Crippen MR) is 56.4 cm³/mol. The highest BCUT2D eigenvalue weighted by Crippen LogP contribution is 2.03. The van der Waals surface area contributed by atoms with Crippen LogP contribution in [0, 0.1) is 6.92 Å². The number of rotatable bonds is 5. The molecular formula is C12H16O2. The Labute approximate surface area is 84.9 Å². The van der Waals surface area contributed by atoms with Gasteiger partial charge in [-0.05, 0) is 25.8 Å². The van der Waals surface area contributed by atoms with Gasteiger partial charge in [0, 0.05) is 0 Å². The van der Waals surface area contributed by atoms with Crippen molar-refractivity contribution in [2.24, 2.45) is 0 Å². The quantitative estimate of drug-likeness (QED) is 0.668. The van der Waals surface area contributed by atoms with Crippen molar-refractivity contribution in [3.63, 3.8) is 0 Å². The SMILES string of the molecule is CC(=O)COCCc1ccc(C)cc1. The summed E-state index contributed by atoms with van der Waals surface area (Å²) in [6.07, 6.45) is 0.869. The van der Waals surface area contributed by atoms with Gasteiger partial charge in [-0.25, -0.2) is 0 Å². The summed E-state index contributed by atoms with van der Waals surface area (Å²) in [4.78, 5) is 10.6. The van der Waals surface area contributed by atoms with Crippen molar-refractivity contribution >= 4 is 5.78 Å². The summed E-state index contributed by atoms with van der Waals surface area (Å²) >= 11 is 0. The van der Waals surface area contributed by atoms with Crippen LogP contribution < -0.4 is 0 Å². The van der Waals surface area contributed by atoms with Crippen LogP contribution in [0.15, 0.2) is 24.3 Å². The molecule has 0 N–H and O–H groups in total. The van der Waals surface area contributed by atoms with E-state index >= 15 is 0 Å². The van der Waals surface area contributed by atoms with Gasteiger partial charge in [0.05, 0.1) is 6.61 Å². The Morgan fingerprint density at radius 1 is 1.29 bits per heavy atom. The minimum atomic E-state index is 0.0777.